The van der Waals surface area contributed by atoms with Crippen molar-refractivity contribution in [3.8, 4) is 11.1 Å². The summed E-state index contributed by atoms with van der Waals surface area (Å²) in [6.45, 7) is 3.12. The fourth-order valence-electron chi connectivity index (χ4n) is 4.51. The molecule has 1 aromatic heterocycles. The zero-order valence-electron chi connectivity index (χ0n) is 17.3. The lowest BCUT2D eigenvalue weighted by Crippen LogP contribution is -2.38. The third kappa shape index (κ3) is 3.55. The Hall–Kier alpha value is -2.64. The van der Waals surface area contributed by atoms with Gasteiger partial charge in [-0.3, -0.25) is 9.36 Å². The second kappa shape index (κ2) is 7.80. The summed E-state index contributed by atoms with van der Waals surface area (Å²) >= 11 is 1.50. The van der Waals surface area contributed by atoms with Crippen LogP contribution in [0.15, 0.2) is 47.6 Å². The van der Waals surface area contributed by atoms with Crippen LogP contribution >= 0.6 is 11.8 Å². The summed E-state index contributed by atoms with van der Waals surface area (Å²) in [6, 6.07) is 15.1. The van der Waals surface area contributed by atoms with Gasteiger partial charge in [-0.05, 0) is 47.6 Å². The lowest BCUT2D eigenvalue weighted by Gasteiger charge is -2.27. The standard InChI is InChI=1S/C24H24N4O2S/c29-22(18-6-5-17-13-16-3-1-2-4-20(16)21(17)14-18)15-31-24-26-25-23(28(24)19-7-8-19)27-9-11-30-12-10-27/h1-6,14,19H,7-13,15H2. The van der Waals surface area contributed by atoms with Crippen molar-refractivity contribution < 1.29 is 9.53 Å². The Labute approximate surface area is 185 Å². The molecule has 3 aromatic rings. The summed E-state index contributed by atoms with van der Waals surface area (Å²) in [4.78, 5) is 15.3. The van der Waals surface area contributed by atoms with E-state index in [1.165, 1.54) is 34.0 Å². The Bertz CT molecular complexity index is 1150. The third-order valence-electron chi connectivity index (χ3n) is 6.31. The number of carbonyl (C=O) groups is 1. The molecule has 0 bridgehead atoms. The number of fused-ring (bicyclic) bond motifs is 3. The van der Waals surface area contributed by atoms with Crippen molar-refractivity contribution in [3.63, 3.8) is 0 Å². The zero-order valence-corrected chi connectivity index (χ0v) is 18.1. The maximum Gasteiger partial charge on any atom is 0.228 e. The smallest absolute Gasteiger partial charge is 0.228 e. The molecule has 2 aromatic carbocycles. The predicted molar refractivity (Wildman–Crippen MR) is 121 cm³/mol. The van der Waals surface area contributed by atoms with Crippen LogP contribution in [0.25, 0.3) is 11.1 Å². The number of rotatable bonds is 6. The highest BCUT2D eigenvalue weighted by Crippen LogP contribution is 2.41. The van der Waals surface area contributed by atoms with E-state index in [2.05, 4.69) is 56.1 Å². The van der Waals surface area contributed by atoms with E-state index in [-0.39, 0.29) is 5.78 Å². The number of carbonyl (C=O) groups excluding carboxylic acids is 1. The fourth-order valence-corrected chi connectivity index (χ4v) is 5.40. The molecule has 2 aliphatic carbocycles. The van der Waals surface area contributed by atoms with Gasteiger partial charge in [0, 0.05) is 24.7 Å². The van der Waals surface area contributed by atoms with E-state index in [1.807, 2.05) is 6.07 Å². The van der Waals surface area contributed by atoms with Gasteiger partial charge in [0.1, 0.15) is 0 Å². The number of ketones is 1. The third-order valence-corrected chi connectivity index (χ3v) is 7.25. The molecule has 2 fully saturated rings. The van der Waals surface area contributed by atoms with E-state index >= 15 is 0 Å². The molecule has 0 atom stereocenters. The number of aromatic nitrogens is 3. The number of anilines is 1. The molecule has 0 N–H and O–H groups in total. The number of thioether (sulfide) groups is 1. The van der Waals surface area contributed by atoms with Crippen LogP contribution < -0.4 is 4.90 Å². The van der Waals surface area contributed by atoms with Crippen molar-refractivity contribution in [1.29, 1.82) is 0 Å². The monoisotopic (exact) mass is 432 g/mol. The summed E-state index contributed by atoms with van der Waals surface area (Å²) < 4.78 is 7.71. The highest BCUT2D eigenvalue weighted by atomic mass is 32.2. The minimum Gasteiger partial charge on any atom is -0.378 e. The second-order valence-corrected chi connectivity index (χ2v) is 9.34. The van der Waals surface area contributed by atoms with Crippen LogP contribution in [0.1, 0.15) is 40.4 Å². The largest absolute Gasteiger partial charge is 0.378 e. The Morgan fingerprint density at radius 2 is 1.84 bits per heavy atom. The van der Waals surface area contributed by atoms with E-state index < -0.39 is 0 Å². The Morgan fingerprint density at radius 3 is 2.68 bits per heavy atom. The zero-order chi connectivity index (χ0) is 20.8. The lowest BCUT2D eigenvalue weighted by molar-refractivity contribution is 0.102. The molecule has 1 saturated heterocycles. The van der Waals surface area contributed by atoms with Crippen LogP contribution in [0.4, 0.5) is 5.95 Å². The Morgan fingerprint density at radius 1 is 1.03 bits per heavy atom. The van der Waals surface area contributed by atoms with Gasteiger partial charge in [0.15, 0.2) is 10.9 Å². The first-order valence-electron chi connectivity index (χ1n) is 10.9. The molecular formula is C24H24N4O2S. The fraction of sp³-hybridized carbons (Fsp3) is 0.375. The van der Waals surface area contributed by atoms with Gasteiger partial charge >= 0.3 is 0 Å². The van der Waals surface area contributed by atoms with Crippen molar-refractivity contribution in [3.05, 3.63) is 59.2 Å². The molecule has 0 radical (unpaired) electrons. The SMILES string of the molecule is O=C(CSc1nnc(N2CCOCC2)n1C1CC1)c1ccc2c(c1)-c1ccccc1C2. The summed E-state index contributed by atoms with van der Waals surface area (Å²) in [5.74, 6) is 1.43. The molecule has 0 amide bonds. The average Bonchev–Trinajstić information content (AvgIpc) is 3.46. The van der Waals surface area contributed by atoms with Crippen molar-refractivity contribution in [2.75, 3.05) is 37.0 Å². The van der Waals surface area contributed by atoms with Crippen LogP contribution in [0.3, 0.4) is 0 Å². The molecule has 31 heavy (non-hydrogen) atoms. The molecule has 158 valence electrons. The number of benzene rings is 2. The van der Waals surface area contributed by atoms with Gasteiger partial charge < -0.3 is 9.64 Å². The number of nitrogens with zero attached hydrogens (tertiary/aromatic N) is 4. The highest BCUT2D eigenvalue weighted by Gasteiger charge is 2.32. The minimum absolute atomic E-state index is 0.135. The number of ether oxygens (including phenoxy) is 1. The van der Waals surface area contributed by atoms with E-state index in [1.54, 1.807) is 0 Å². The van der Waals surface area contributed by atoms with Gasteiger partial charge in [-0.2, -0.15) is 0 Å². The molecule has 2 heterocycles. The van der Waals surface area contributed by atoms with Gasteiger partial charge in [0.25, 0.3) is 0 Å². The van der Waals surface area contributed by atoms with Gasteiger partial charge in [0.05, 0.1) is 19.0 Å². The van der Waals surface area contributed by atoms with Gasteiger partial charge in [-0.25, -0.2) is 0 Å². The molecule has 6 rings (SSSR count). The maximum atomic E-state index is 13.0. The second-order valence-electron chi connectivity index (χ2n) is 8.40. The van der Waals surface area contributed by atoms with Crippen LogP contribution in [0.2, 0.25) is 0 Å². The van der Waals surface area contributed by atoms with E-state index in [4.69, 9.17) is 4.74 Å². The van der Waals surface area contributed by atoms with Crippen LogP contribution in [-0.4, -0.2) is 52.6 Å². The number of morpholine rings is 1. The molecule has 0 unspecified atom stereocenters. The highest BCUT2D eigenvalue weighted by molar-refractivity contribution is 7.99. The lowest BCUT2D eigenvalue weighted by atomic mass is 10.0. The number of hydrogen-bond acceptors (Lipinski definition) is 6. The molecule has 1 aliphatic heterocycles. The molecule has 3 aliphatic rings. The first kappa shape index (κ1) is 19.1. The summed E-state index contributed by atoms with van der Waals surface area (Å²) in [6.07, 6.45) is 3.26. The van der Waals surface area contributed by atoms with E-state index in [0.29, 0.717) is 11.8 Å². The van der Waals surface area contributed by atoms with Gasteiger partial charge in [0.2, 0.25) is 5.95 Å². The Balaban J connectivity index is 1.20. The molecule has 1 saturated carbocycles. The first-order valence-corrected chi connectivity index (χ1v) is 11.9. The van der Waals surface area contributed by atoms with Crippen molar-refractivity contribution in [2.24, 2.45) is 0 Å². The molecule has 7 heteroatoms. The van der Waals surface area contributed by atoms with Crippen molar-refractivity contribution in [1.82, 2.24) is 14.8 Å². The van der Waals surface area contributed by atoms with E-state index in [9.17, 15) is 4.79 Å². The van der Waals surface area contributed by atoms with Crippen molar-refractivity contribution in [2.45, 2.75) is 30.5 Å². The molecule has 6 nitrogen and oxygen atoms in total. The van der Waals surface area contributed by atoms with Crippen LogP contribution in [0.5, 0.6) is 0 Å². The van der Waals surface area contributed by atoms with Gasteiger partial charge in [-0.15, -0.1) is 10.2 Å². The average molecular weight is 433 g/mol. The van der Waals surface area contributed by atoms with Gasteiger partial charge in [-0.1, -0.05) is 48.2 Å². The molecular weight excluding hydrogens is 408 g/mol. The first-order chi connectivity index (χ1) is 15.3. The maximum absolute atomic E-state index is 13.0. The van der Waals surface area contributed by atoms with Crippen molar-refractivity contribution >= 4 is 23.5 Å². The Kier molecular flexibility index (Phi) is 4.80. The molecule has 0 spiro atoms. The van der Waals surface area contributed by atoms with Crippen LogP contribution in [-0.2, 0) is 11.2 Å². The summed E-state index contributed by atoms with van der Waals surface area (Å²) in [5, 5.41) is 9.77. The quantitative estimate of drug-likeness (QED) is 0.339. The summed E-state index contributed by atoms with van der Waals surface area (Å²) in [5.41, 5.74) is 5.86. The number of hydrogen-bond donors (Lipinski definition) is 0. The minimum atomic E-state index is 0.135. The summed E-state index contributed by atoms with van der Waals surface area (Å²) in [7, 11) is 0. The predicted octanol–water partition coefficient (Wildman–Crippen LogP) is 4.00. The topological polar surface area (TPSA) is 60.3 Å². The van der Waals surface area contributed by atoms with E-state index in [0.717, 1.165) is 62.2 Å². The van der Waals surface area contributed by atoms with Crippen LogP contribution in [0, 0.1) is 0 Å². The number of Topliss-reactive ketones (excluding diaryl/α,β-unsaturated/α-hetero) is 1. The normalized spacial score (nSPS) is 17.5.